The Bertz CT molecular complexity index is 305. The minimum Gasteiger partial charge on any atom is -0.490 e. The van der Waals surface area contributed by atoms with Crippen molar-refractivity contribution in [2.75, 3.05) is 12.3 Å². The number of carbonyl (C=O) groups is 1. The van der Waals surface area contributed by atoms with E-state index in [1.54, 1.807) is 0 Å². The number of carboxylic acid groups (broad SMARTS) is 1. The van der Waals surface area contributed by atoms with E-state index in [0.717, 1.165) is 0 Å². The van der Waals surface area contributed by atoms with Crippen LogP contribution < -0.4 is 10.5 Å². The number of nitrogens with two attached hydrogens (primary N) is 1. The Hall–Kier alpha value is -0.746. The molecule has 6 nitrogen and oxygen atoms in total. The van der Waals surface area contributed by atoms with Crippen molar-refractivity contribution < 1.29 is 47.3 Å². The predicted molar refractivity (Wildman–Crippen MR) is 48.8 cm³/mol. The Labute approximate surface area is 112 Å². The van der Waals surface area contributed by atoms with E-state index >= 15 is 0 Å². The van der Waals surface area contributed by atoms with Crippen LogP contribution in [0.3, 0.4) is 0 Å². The molecular weight excluding hydrogens is 275 g/mol. The average Bonchev–Trinajstić information content (AvgIpc) is 2.15. The number of ether oxygens (including phenoxy) is 1. The molecule has 0 saturated carbocycles. The van der Waals surface area contributed by atoms with Gasteiger partial charge in [-0.1, -0.05) is 0 Å². The van der Waals surface area contributed by atoms with Crippen LogP contribution in [0.5, 0.6) is 5.75 Å². The van der Waals surface area contributed by atoms with E-state index in [2.05, 4.69) is 9.97 Å². The van der Waals surface area contributed by atoms with Crippen LogP contribution in [0.4, 0.5) is 5.95 Å². The molecule has 0 spiro atoms. The van der Waals surface area contributed by atoms with Crippen molar-refractivity contribution in [2.45, 2.75) is 12.8 Å². The van der Waals surface area contributed by atoms with E-state index in [1.165, 1.54) is 12.4 Å². The van der Waals surface area contributed by atoms with Gasteiger partial charge < -0.3 is 15.6 Å². The normalized spacial score (nSPS) is 9.07. The number of nitrogens with zero attached hydrogens (tertiary/aromatic N) is 2. The Kier molecular flexibility index (Phi) is 7.16. The summed E-state index contributed by atoms with van der Waals surface area (Å²) in [6, 6.07) is 0. The Morgan fingerprint density at radius 2 is 2.07 bits per heavy atom. The second-order valence-corrected chi connectivity index (χ2v) is 2.62. The zero-order valence-electron chi connectivity index (χ0n) is 8.09. The first-order chi connectivity index (χ1) is 6.68. The van der Waals surface area contributed by atoms with E-state index in [-0.39, 0.29) is 45.1 Å². The molecule has 1 aromatic heterocycles. The quantitative estimate of drug-likeness (QED) is 0.755. The number of anilines is 1. The molecule has 0 saturated heterocycles. The topological polar surface area (TPSA) is 98.3 Å². The summed E-state index contributed by atoms with van der Waals surface area (Å²) in [5, 5.41) is 8.35. The number of rotatable bonds is 5. The number of hydrogen-bond acceptors (Lipinski definition) is 5. The van der Waals surface area contributed by atoms with Gasteiger partial charge in [-0.25, -0.2) is 9.97 Å². The van der Waals surface area contributed by atoms with Crippen molar-refractivity contribution in [3.05, 3.63) is 12.4 Å². The molecular formula is C8H11N3O3Y. The maximum Gasteiger partial charge on any atom is 0.303 e. The van der Waals surface area contributed by atoms with E-state index in [0.29, 0.717) is 18.8 Å². The number of carboxylic acids is 1. The van der Waals surface area contributed by atoms with Crippen LogP contribution in [0, 0.1) is 0 Å². The zero-order chi connectivity index (χ0) is 10.4. The molecule has 7 heteroatoms. The van der Waals surface area contributed by atoms with Crippen molar-refractivity contribution in [3.63, 3.8) is 0 Å². The maximum atomic E-state index is 10.2. The van der Waals surface area contributed by atoms with Gasteiger partial charge in [-0.3, -0.25) is 4.79 Å². The predicted octanol–water partition coefficient (Wildman–Crippen LogP) is 0.300. The van der Waals surface area contributed by atoms with Crippen LogP contribution >= 0.6 is 0 Å². The molecule has 79 valence electrons. The van der Waals surface area contributed by atoms with Crippen molar-refractivity contribution in [1.82, 2.24) is 9.97 Å². The van der Waals surface area contributed by atoms with Crippen LogP contribution in [0.1, 0.15) is 12.8 Å². The molecule has 0 aliphatic rings. The second kappa shape index (κ2) is 7.53. The molecule has 0 amide bonds. The Morgan fingerprint density at radius 1 is 1.47 bits per heavy atom. The van der Waals surface area contributed by atoms with Gasteiger partial charge in [0.2, 0.25) is 5.95 Å². The third-order valence-electron chi connectivity index (χ3n) is 1.45. The fourth-order valence-electron chi connectivity index (χ4n) is 0.814. The monoisotopic (exact) mass is 286 g/mol. The maximum absolute atomic E-state index is 10.2. The molecule has 3 N–H and O–H groups in total. The van der Waals surface area contributed by atoms with E-state index < -0.39 is 5.97 Å². The third kappa shape index (κ3) is 6.35. The standard InChI is InChI=1S/C8H11N3O3.Y/c9-8-10-4-6(5-11-8)14-3-1-2-7(12)13;/h4-5H,1-3H2,(H,12,13)(H2,9,10,11);. The van der Waals surface area contributed by atoms with Crippen LogP contribution in [0.25, 0.3) is 0 Å². The molecule has 1 aromatic rings. The molecule has 0 atom stereocenters. The summed E-state index contributed by atoms with van der Waals surface area (Å²) in [5.41, 5.74) is 5.27. The minimum absolute atomic E-state index is 0. The molecule has 0 aliphatic carbocycles. The van der Waals surface area contributed by atoms with Gasteiger partial charge in [0.15, 0.2) is 5.75 Å². The van der Waals surface area contributed by atoms with Crippen molar-refractivity contribution in [2.24, 2.45) is 0 Å². The first-order valence-electron chi connectivity index (χ1n) is 4.10. The fourth-order valence-corrected chi connectivity index (χ4v) is 0.814. The summed E-state index contributed by atoms with van der Waals surface area (Å²) >= 11 is 0. The van der Waals surface area contributed by atoms with Crippen molar-refractivity contribution >= 4 is 11.9 Å². The molecule has 0 unspecified atom stereocenters. The molecule has 1 radical (unpaired) electrons. The van der Waals surface area contributed by atoms with Crippen molar-refractivity contribution in [3.8, 4) is 5.75 Å². The van der Waals surface area contributed by atoms with Gasteiger partial charge in [0.05, 0.1) is 19.0 Å². The summed E-state index contributed by atoms with van der Waals surface area (Å²) in [4.78, 5) is 17.6. The van der Waals surface area contributed by atoms with Gasteiger partial charge in [0.1, 0.15) is 0 Å². The van der Waals surface area contributed by atoms with Crippen LogP contribution in [0.15, 0.2) is 12.4 Å². The molecule has 0 aliphatic heterocycles. The van der Waals surface area contributed by atoms with Gasteiger partial charge in [0, 0.05) is 39.1 Å². The first-order valence-corrected chi connectivity index (χ1v) is 4.10. The van der Waals surface area contributed by atoms with Gasteiger partial charge in [-0.05, 0) is 6.42 Å². The van der Waals surface area contributed by atoms with Crippen molar-refractivity contribution in [1.29, 1.82) is 0 Å². The van der Waals surface area contributed by atoms with E-state index in [1.807, 2.05) is 0 Å². The Balaban J connectivity index is 0.00000196. The zero-order valence-corrected chi connectivity index (χ0v) is 10.9. The molecule has 1 heterocycles. The van der Waals surface area contributed by atoms with Crippen LogP contribution in [-0.2, 0) is 37.5 Å². The second-order valence-electron chi connectivity index (χ2n) is 2.62. The molecule has 1 rings (SSSR count). The number of aromatic nitrogens is 2. The number of nitrogen functional groups attached to an aromatic ring is 1. The summed E-state index contributed by atoms with van der Waals surface area (Å²) < 4.78 is 5.17. The van der Waals surface area contributed by atoms with Gasteiger partial charge in [0.25, 0.3) is 0 Å². The number of hydrogen-bond donors (Lipinski definition) is 2. The molecule has 0 aromatic carbocycles. The molecule has 15 heavy (non-hydrogen) atoms. The average molecular weight is 286 g/mol. The summed E-state index contributed by atoms with van der Waals surface area (Å²) in [6.45, 7) is 0.333. The largest absolute Gasteiger partial charge is 0.490 e. The van der Waals surface area contributed by atoms with Gasteiger partial charge in [-0.2, -0.15) is 0 Å². The first kappa shape index (κ1) is 14.3. The minimum atomic E-state index is -0.831. The van der Waals surface area contributed by atoms with Crippen LogP contribution in [0.2, 0.25) is 0 Å². The summed E-state index contributed by atoms with van der Waals surface area (Å²) in [5.74, 6) is -0.158. The SMILES string of the molecule is Nc1ncc(OCCCC(=O)O)cn1.[Y]. The van der Waals surface area contributed by atoms with Gasteiger partial charge >= 0.3 is 5.97 Å². The summed E-state index contributed by atoms with van der Waals surface area (Å²) in [6.07, 6.45) is 3.45. The Morgan fingerprint density at radius 3 is 2.60 bits per heavy atom. The van der Waals surface area contributed by atoms with E-state index in [9.17, 15) is 4.79 Å². The number of aliphatic carboxylic acids is 1. The molecule has 0 fully saturated rings. The van der Waals surface area contributed by atoms with Crippen LogP contribution in [-0.4, -0.2) is 27.7 Å². The van der Waals surface area contributed by atoms with E-state index in [4.69, 9.17) is 15.6 Å². The fraction of sp³-hybridized carbons (Fsp3) is 0.375. The summed E-state index contributed by atoms with van der Waals surface area (Å²) in [7, 11) is 0. The third-order valence-corrected chi connectivity index (χ3v) is 1.45. The van der Waals surface area contributed by atoms with Gasteiger partial charge in [-0.15, -0.1) is 0 Å². The molecule has 0 bridgehead atoms. The smallest absolute Gasteiger partial charge is 0.303 e.